The molecule has 88 valence electrons. The van der Waals surface area contributed by atoms with Crippen molar-refractivity contribution in [1.82, 2.24) is 14.5 Å². The predicted molar refractivity (Wildman–Crippen MR) is 61.3 cm³/mol. The Morgan fingerprint density at radius 1 is 1.65 bits per heavy atom. The number of imidazole rings is 1. The van der Waals surface area contributed by atoms with Crippen LogP contribution in [0.3, 0.4) is 0 Å². The van der Waals surface area contributed by atoms with Crippen LogP contribution in [0.1, 0.15) is 18.2 Å². The molecule has 1 unspecified atom stereocenters. The SMILES string of the molecule is Nc1cnc2c(c1)nc1n2CCC1COC=O. The highest BCUT2D eigenvalue weighted by molar-refractivity contribution is 5.75. The van der Waals surface area contributed by atoms with E-state index in [1.165, 1.54) is 0 Å². The maximum atomic E-state index is 10.2. The molecule has 0 bridgehead atoms. The van der Waals surface area contributed by atoms with Crippen molar-refractivity contribution in [3.63, 3.8) is 0 Å². The molecule has 1 aliphatic heterocycles. The number of hydrogen-bond donors (Lipinski definition) is 1. The Labute approximate surface area is 97.4 Å². The number of rotatable bonds is 3. The zero-order chi connectivity index (χ0) is 11.8. The standard InChI is InChI=1S/C11H12N4O2/c12-8-3-9-11(13-4-8)15-2-1-7(5-17-6-16)10(15)14-9/h3-4,6-7H,1-2,5,12H2. The molecule has 1 atom stereocenters. The van der Waals surface area contributed by atoms with Gasteiger partial charge in [0.25, 0.3) is 6.47 Å². The Bertz CT molecular complexity index is 578. The van der Waals surface area contributed by atoms with Crippen LogP contribution in [0, 0.1) is 0 Å². The minimum Gasteiger partial charge on any atom is -0.467 e. The fourth-order valence-corrected chi connectivity index (χ4v) is 2.30. The lowest BCUT2D eigenvalue weighted by Gasteiger charge is -2.04. The van der Waals surface area contributed by atoms with Crippen LogP contribution in [0.15, 0.2) is 12.3 Å². The molecule has 0 aliphatic carbocycles. The van der Waals surface area contributed by atoms with Crippen molar-refractivity contribution in [2.75, 3.05) is 12.3 Å². The van der Waals surface area contributed by atoms with Crippen LogP contribution in [0.25, 0.3) is 11.2 Å². The number of carbonyl (C=O) groups excluding carboxylic acids is 1. The second-order valence-electron chi connectivity index (χ2n) is 4.15. The molecule has 0 saturated carbocycles. The van der Waals surface area contributed by atoms with Gasteiger partial charge in [-0.1, -0.05) is 0 Å². The van der Waals surface area contributed by atoms with Gasteiger partial charge >= 0.3 is 0 Å². The second kappa shape index (κ2) is 3.73. The Morgan fingerprint density at radius 2 is 2.53 bits per heavy atom. The number of aryl methyl sites for hydroxylation is 1. The van der Waals surface area contributed by atoms with Gasteiger partial charge in [-0.2, -0.15) is 0 Å². The highest BCUT2D eigenvalue weighted by Crippen LogP contribution is 2.31. The summed E-state index contributed by atoms with van der Waals surface area (Å²) in [6.07, 6.45) is 2.56. The summed E-state index contributed by atoms with van der Waals surface area (Å²) in [4.78, 5) is 19.0. The van der Waals surface area contributed by atoms with Gasteiger partial charge in [0.05, 0.1) is 17.8 Å². The van der Waals surface area contributed by atoms with E-state index in [0.29, 0.717) is 18.8 Å². The minimum atomic E-state index is 0.163. The number of pyridine rings is 1. The van der Waals surface area contributed by atoms with Gasteiger partial charge in [-0.3, -0.25) is 4.79 Å². The third-order valence-electron chi connectivity index (χ3n) is 3.07. The molecule has 2 aromatic rings. The molecule has 1 aliphatic rings. The third-order valence-corrected chi connectivity index (χ3v) is 3.07. The lowest BCUT2D eigenvalue weighted by Crippen LogP contribution is -2.04. The van der Waals surface area contributed by atoms with E-state index in [1.807, 2.05) is 6.07 Å². The predicted octanol–water partition coefficient (Wildman–Crippen LogP) is 0.674. The summed E-state index contributed by atoms with van der Waals surface area (Å²) in [5.41, 5.74) is 7.93. The molecule has 0 radical (unpaired) electrons. The first-order valence-corrected chi connectivity index (χ1v) is 5.46. The van der Waals surface area contributed by atoms with Crippen LogP contribution in [0.4, 0.5) is 5.69 Å². The lowest BCUT2D eigenvalue weighted by atomic mass is 10.1. The summed E-state index contributed by atoms with van der Waals surface area (Å²) in [5, 5.41) is 0. The van der Waals surface area contributed by atoms with Crippen molar-refractivity contribution in [1.29, 1.82) is 0 Å². The fourth-order valence-electron chi connectivity index (χ4n) is 2.30. The second-order valence-corrected chi connectivity index (χ2v) is 4.15. The number of ether oxygens (including phenoxy) is 1. The van der Waals surface area contributed by atoms with E-state index in [9.17, 15) is 4.79 Å². The van der Waals surface area contributed by atoms with E-state index in [1.54, 1.807) is 6.20 Å². The van der Waals surface area contributed by atoms with Crippen LogP contribution in [-0.2, 0) is 16.1 Å². The Hall–Kier alpha value is -2.11. The molecule has 0 aromatic carbocycles. The van der Waals surface area contributed by atoms with Gasteiger partial charge in [0.2, 0.25) is 0 Å². The van der Waals surface area contributed by atoms with Gasteiger partial charge in [-0.05, 0) is 12.5 Å². The van der Waals surface area contributed by atoms with Gasteiger partial charge in [0.15, 0.2) is 5.65 Å². The monoisotopic (exact) mass is 232 g/mol. The first kappa shape index (κ1) is 10.1. The molecule has 0 saturated heterocycles. The number of hydrogen-bond acceptors (Lipinski definition) is 5. The molecule has 2 N–H and O–H groups in total. The van der Waals surface area contributed by atoms with Crippen LogP contribution in [0.2, 0.25) is 0 Å². The van der Waals surface area contributed by atoms with Gasteiger partial charge < -0.3 is 15.0 Å². The zero-order valence-corrected chi connectivity index (χ0v) is 9.17. The quantitative estimate of drug-likeness (QED) is 0.786. The van der Waals surface area contributed by atoms with Gasteiger partial charge in [0, 0.05) is 6.54 Å². The summed E-state index contributed by atoms with van der Waals surface area (Å²) in [6, 6.07) is 1.81. The molecule has 17 heavy (non-hydrogen) atoms. The molecule has 3 heterocycles. The highest BCUT2D eigenvalue weighted by atomic mass is 16.5. The first-order chi connectivity index (χ1) is 8.29. The number of fused-ring (bicyclic) bond motifs is 3. The largest absolute Gasteiger partial charge is 0.467 e. The smallest absolute Gasteiger partial charge is 0.293 e. The average Bonchev–Trinajstić information content (AvgIpc) is 2.84. The van der Waals surface area contributed by atoms with Crippen LogP contribution in [0.5, 0.6) is 0 Å². The van der Waals surface area contributed by atoms with E-state index in [0.717, 1.165) is 30.0 Å². The molecule has 2 aromatic heterocycles. The topological polar surface area (TPSA) is 83.0 Å². The van der Waals surface area contributed by atoms with Gasteiger partial charge in [-0.15, -0.1) is 0 Å². The highest BCUT2D eigenvalue weighted by Gasteiger charge is 2.27. The van der Waals surface area contributed by atoms with E-state index in [4.69, 9.17) is 10.5 Å². The average molecular weight is 232 g/mol. The van der Waals surface area contributed by atoms with Crippen LogP contribution < -0.4 is 5.73 Å². The van der Waals surface area contributed by atoms with Gasteiger partial charge in [-0.25, -0.2) is 9.97 Å². The molecule has 0 fully saturated rings. The summed E-state index contributed by atoms with van der Waals surface area (Å²) in [5.74, 6) is 1.09. The first-order valence-electron chi connectivity index (χ1n) is 5.46. The number of carbonyl (C=O) groups is 1. The Balaban J connectivity index is 2.03. The van der Waals surface area contributed by atoms with Crippen molar-refractivity contribution < 1.29 is 9.53 Å². The molecule has 3 rings (SSSR count). The number of nitrogens with zero attached hydrogens (tertiary/aromatic N) is 3. The molecule has 6 nitrogen and oxygen atoms in total. The molecule has 0 spiro atoms. The Kier molecular flexibility index (Phi) is 2.21. The third kappa shape index (κ3) is 1.52. The summed E-state index contributed by atoms with van der Waals surface area (Å²) >= 11 is 0. The number of nitrogen functional groups attached to an aromatic ring is 1. The number of anilines is 1. The fraction of sp³-hybridized carbons (Fsp3) is 0.364. The normalized spacial score (nSPS) is 18.2. The molecular weight excluding hydrogens is 220 g/mol. The molecule has 0 amide bonds. The molecule has 6 heteroatoms. The van der Waals surface area contributed by atoms with Crippen molar-refractivity contribution >= 4 is 23.3 Å². The summed E-state index contributed by atoms with van der Waals surface area (Å²) in [7, 11) is 0. The summed E-state index contributed by atoms with van der Waals surface area (Å²) < 4.78 is 6.88. The van der Waals surface area contributed by atoms with Crippen molar-refractivity contribution in [3.05, 3.63) is 18.1 Å². The van der Waals surface area contributed by atoms with Crippen molar-refractivity contribution in [3.8, 4) is 0 Å². The Morgan fingerprint density at radius 3 is 3.35 bits per heavy atom. The molecular formula is C11H12N4O2. The van der Waals surface area contributed by atoms with E-state index in [-0.39, 0.29) is 5.92 Å². The van der Waals surface area contributed by atoms with Crippen molar-refractivity contribution in [2.24, 2.45) is 0 Å². The zero-order valence-electron chi connectivity index (χ0n) is 9.17. The van der Waals surface area contributed by atoms with Crippen molar-refractivity contribution in [2.45, 2.75) is 18.9 Å². The number of nitrogens with two attached hydrogens (primary N) is 1. The van der Waals surface area contributed by atoms with E-state index in [2.05, 4.69) is 14.5 Å². The van der Waals surface area contributed by atoms with E-state index >= 15 is 0 Å². The van der Waals surface area contributed by atoms with E-state index < -0.39 is 0 Å². The summed E-state index contributed by atoms with van der Waals surface area (Å²) in [6.45, 7) is 1.71. The minimum absolute atomic E-state index is 0.163. The van der Waals surface area contributed by atoms with Gasteiger partial charge in [0.1, 0.15) is 17.9 Å². The maximum Gasteiger partial charge on any atom is 0.293 e. The lowest BCUT2D eigenvalue weighted by molar-refractivity contribution is -0.129. The number of aromatic nitrogens is 3. The van der Waals surface area contributed by atoms with Crippen LogP contribution >= 0.6 is 0 Å². The maximum absolute atomic E-state index is 10.2. The van der Waals surface area contributed by atoms with Crippen LogP contribution in [-0.4, -0.2) is 27.6 Å².